The van der Waals surface area contributed by atoms with Gasteiger partial charge < -0.3 is 15.2 Å². The third-order valence-corrected chi connectivity index (χ3v) is 5.10. The van der Waals surface area contributed by atoms with E-state index in [9.17, 15) is 9.90 Å². The number of aliphatic hydroxyl groups excluding tert-OH is 1. The largest absolute Gasteiger partial charge is 0.469 e. The van der Waals surface area contributed by atoms with Gasteiger partial charge in [-0.15, -0.1) is 11.3 Å². The van der Waals surface area contributed by atoms with E-state index in [0.717, 1.165) is 24.3 Å². The van der Waals surface area contributed by atoms with Crippen LogP contribution in [0.2, 0.25) is 0 Å². The van der Waals surface area contributed by atoms with Gasteiger partial charge in [0.05, 0.1) is 20.1 Å². The summed E-state index contributed by atoms with van der Waals surface area (Å²) in [6.07, 6.45) is 6.07. The number of carbonyl (C=O) groups is 1. The molecule has 1 heterocycles. The monoisotopic (exact) mass is 297 g/mol. The molecular formula is C15H23NO3S. The highest BCUT2D eigenvalue weighted by molar-refractivity contribution is 7.12. The Kier molecular flexibility index (Phi) is 5.57. The van der Waals surface area contributed by atoms with E-state index in [1.807, 2.05) is 12.1 Å². The molecule has 1 aromatic rings. The lowest BCUT2D eigenvalue weighted by atomic mass is 9.82. The summed E-state index contributed by atoms with van der Waals surface area (Å²) in [6, 6.07) is 4.02. The molecule has 0 saturated heterocycles. The normalized spacial score (nSPS) is 17.9. The van der Waals surface area contributed by atoms with Crippen molar-refractivity contribution in [3.05, 3.63) is 21.9 Å². The summed E-state index contributed by atoms with van der Waals surface area (Å²) in [5.41, 5.74) is -0.106. The van der Waals surface area contributed by atoms with Crippen LogP contribution in [-0.4, -0.2) is 30.3 Å². The minimum absolute atomic E-state index is 0.106. The van der Waals surface area contributed by atoms with Gasteiger partial charge in [-0.2, -0.15) is 0 Å². The van der Waals surface area contributed by atoms with Crippen molar-refractivity contribution in [3.8, 4) is 0 Å². The Morgan fingerprint density at radius 2 is 2.05 bits per heavy atom. The van der Waals surface area contributed by atoms with Crippen molar-refractivity contribution in [1.82, 2.24) is 5.32 Å². The van der Waals surface area contributed by atoms with Crippen LogP contribution in [-0.2, 0) is 22.5 Å². The lowest BCUT2D eigenvalue weighted by Gasteiger charge is -2.36. The maximum Gasteiger partial charge on any atom is 0.310 e. The molecule has 1 aromatic heterocycles. The van der Waals surface area contributed by atoms with Gasteiger partial charge in [0.1, 0.15) is 0 Å². The highest BCUT2D eigenvalue weighted by Gasteiger charge is 2.30. The Bertz CT molecular complexity index is 438. The lowest BCUT2D eigenvalue weighted by molar-refractivity contribution is -0.139. The van der Waals surface area contributed by atoms with Gasteiger partial charge in [0.15, 0.2) is 0 Å². The molecule has 4 nitrogen and oxygen atoms in total. The van der Waals surface area contributed by atoms with Crippen molar-refractivity contribution in [2.24, 2.45) is 0 Å². The first kappa shape index (κ1) is 15.5. The summed E-state index contributed by atoms with van der Waals surface area (Å²) in [5, 5.41) is 13.2. The molecule has 0 atom stereocenters. The van der Waals surface area contributed by atoms with Crippen molar-refractivity contribution in [2.45, 2.75) is 50.6 Å². The van der Waals surface area contributed by atoms with Gasteiger partial charge in [-0.3, -0.25) is 4.79 Å². The molecule has 1 saturated carbocycles. The predicted molar refractivity (Wildman–Crippen MR) is 79.8 cm³/mol. The first-order valence-corrected chi connectivity index (χ1v) is 7.99. The molecule has 1 fully saturated rings. The molecule has 0 spiro atoms. The fraction of sp³-hybridized carbons (Fsp3) is 0.667. The van der Waals surface area contributed by atoms with Gasteiger partial charge in [-0.1, -0.05) is 19.3 Å². The Morgan fingerprint density at radius 1 is 1.35 bits per heavy atom. The van der Waals surface area contributed by atoms with E-state index in [1.165, 1.54) is 31.2 Å². The maximum atomic E-state index is 11.2. The molecule has 2 rings (SSSR count). The molecule has 0 unspecified atom stereocenters. The van der Waals surface area contributed by atoms with Gasteiger partial charge >= 0.3 is 5.97 Å². The maximum absolute atomic E-state index is 11.2. The van der Waals surface area contributed by atoms with E-state index in [0.29, 0.717) is 6.42 Å². The van der Waals surface area contributed by atoms with E-state index in [2.05, 4.69) is 10.1 Å². The Morgan fingerprint density at radius 3 is 2.70 bits per heavy atom. The molecule has 0 bridgehead atoms. The van der Waals surface area contributed by atoms with Crippen LogP contribution in [0, 0.1) is 0 Å². The SMILES string of the molecule is COC(=O)Cc1ccc(CNC2(CO)CCCCC2)s1. The molecule has 0 aliphatic heterocycles. The van der Waals surface area contributed by atoms with Crippen molar-refractivity contribution in [1.29, 1.82) is 0 Å². The van der Waals surface area contributed by atoms with E-state index in [4.69, 9.17) is 0 Å². The fourth-order valence-corrected chi connectivity index (χ4v) is 3.66. The minimum Gasteiger partial charge on any atom is -0.469 e. The Labute approximate surface area is 124 Å². The van der Waals surface area contributed by atoms with Crippen LogP contribution in [0.4, 0.5) is 0 Å². The summed E-state index contributed by atoms with van der Waals surface area (Å²) in [6.45, 7) is 0.958. The summed E-state index contributed by atoms with van der Waals surface area (Å²) < 4.78 is 4.67. The predicted octanol–water partition coefficient (Wildman–Crippen LogP) is 2.25. The number of thiophene rings is 1. The fourth-order valence-electron chi connectivity index (χ4n) is 2.72. The van der Waals surface area contributed by atoms with Crippen LogP contribution < -0.4 is 5.32 Å². The van der Waals surface area contributed by atoms with Gasteiger partial charge in [0, 0.05) is 21.8 Å². The highest BCUT2D eigenvalue weighted by atomic mass is 32.1. The van der Waals surface area contributed by atoms with Crippen molar-refractivity contribution < 1.29 is 14.6 Å². The minimum atomic E-state index is -0.203. The van der Waals surface area contributed by atoms with Crippen LogP contribution in [0.25, 0.3) is 0 Å². The standard InChI is InChI=1S/C15H23NO3S/c1-19-14(18)9-12-5-6-13(20-12)10-16-15(11-17)7-3-2-4-8-15/h5-6,16-17H,2-4,7-11H2,1H3. The van der Waals surface area contributed by atoms with E-state index in [-0.39, 0.29) is 18.1 Å². The van der Waals surface area contributed by atoms with E-state index >= 15 is 0 Å². The zero-order valence-corrected chi connectivity index (χ0v) is 12.8. The third-order valence-electron chi connectivity index (χ3n) is 4.01. The molecule has 1 aliphatic carbocycles. The van der Waals surface area contributed by atoms with Gasteiger partial charge in [-0.25, -0.2) is 0 Å². The molecule has 2 N–H and O–H groups in total. The average molecular weight is 297 g/mol. The number of methoxy groups -OCH3 is 1. The molecule has 0 radical (unpaired) electrons. The second-order valence-electron chi connectivity index (χ2n) is 5.47. The van der Waals surface area contributed by atoms with Crippen molar-refractivity contribution in [3.63, 3.8) is 0 Å². The number of aliphatic hydroxyl groups is 1. The molecule has 112 valence electrons. The number of ether oxygens (including phenoxy) is 1. The summed E-state index contributed by atoms with van der Waals surface area (Å²) in [4.78, 5) is 13.4. The Balaban J connectivity index is 1.88. The zero-order chi connectivity index (χ0) is 14.4. The van der Waals surface area contributed by atoms with Crippen LogP contribution >= 0.6 is 11.3 Å². The molecule has 20 heavy (non-hydrogen) atoms. The van der Waals surface area contributed by atoms with Crippen LogP contribution in [0.3, 0.4) is 0 Å². The topological polar surface area (TPSA) is 58.6 Å². The van der Waals surface area contributed by atoms with E-state index in [1.54, 1.807) is 11.3 Å². The number of carbonyl (C=O) groups excluding carboxylic acids is 1. The van der Waals surface area contributed by atoms with Crippen molar-refractivity contribution in [2.75, 3.05) is 13.7 Å². The van der Waals surface area contributed by atoms with Crippen molar-refractivity contribution >= 4 is 17.3 Å². The smallest absolute Gasteiger partial charge is 0.310 e. The van der Waals surface area contributed by atoms with Crippen LogP contribution in [0.1, 0.15) is 41.9 Å². The Hall–Kier alpha value is -0.910. The second-order valence-corrected chi connectivity index (χ2v) is 6.73. The number of hydrogen-bond acceptors (Lipinski definition) is 5. The first-order chi connectivity index (χ1) is 9.67. The summed E-state index contributed by atoms with van der Waals surface area (Å²) in [7, 11) is 1.41. The van der Waals surface area contributed by atoms with Gasteiger partial charge in [-0.05, 0) is 25.0 Å². The summed E-state index contributed by atoms with van der Waals surface area (Å²) in [5.74, 6) is -0.203. The zero-order valence-electron chi connectivity index (χ0n) is 12.0. The molecular weight excluding hydrogens is 274 g/mol. The van der Waals surface area contributed by atoms with Crippen LogP contribution in [0.15, 0.2) is 12.1 Å². The number of esters is 1. The third kappa shape index (κ3) is 4.04. The number of nitrogens with one attached hydrogen (secondary N) is 1. The molecule has 0 amide bonds. The van der Waals surface area contributed by atoms with E-state index < -0.39 is 0 Å². The average Bonchev–Trinajstić information content (AvgIpc) is 2.93. The molecule has 1 aliphatic rings. The van der Waals surface area contributed by atoms with Gasteiger partial charge in [0.2, 0.25) is 0 Å². The second kappa shape index (κ2) is 7.20. The summed E-state index contributed by atoms with van der Waals surface area (Å²) >= 11 is 1.63. The highest BCUT2D eigenvalue weighted by Crippen LogP contribution is 2.28. The lowest BCUT2D eigenvalue weighted by Crippen LogP contribution is -2.49. The quantitative estimate of drug-likeness (QED) is 0.791. The number of rotatable bonds is 6. The van der Waals surface area contributed by atoms with Crippen LogP contribution in [0.5, 0.6) is 0 Å². The molecule has 0 aromatic carbocycles. The van der Waals surface area contributed by atoms with Gasteiger partial charge in [0.25, 0.3) is 0 Å². The molecule has 5 heteroatoms. The number of hydrogen-bond donors (Lipinski definition) is 2. The first-order valence-electron chi connectivity index (χ1n) is 7.18.